The summed E-state index contributed by atoms with van der Waals surface area (Å²) in [7, 11) is 0. The Balaban J connectivity index is 2.05. The lowest BCUT2D eigenvalue weighted by molar-refractivity contribution is 0.102. The van der Waals surface area contributed by atoms with Gasteiger partial charge in [0.15, 0.2) is 0 Å². The van der Waals surface area contributed by atoms with E-state index in [0.717, 1.165) is 0 Å². The fourth-order valence-corrected chi connectivity index (χ4v) is 1.64. The van der Waals surface area contributed by atoms with E-state index in [1.165, 1.54) is 24.3 Å². The van der Waals surface area contributed by atoms with Gasteiger partial charge in [-0.3, -0.25) is 4.79 Å². The molecular weight excluding hydrogens is 259 g/mol. The Bertz CT molecular complexity index is 585. The van der Waals surface area contributed by atoms with Crippen LogP contribution in [-0.4, -0.2) is 19.1 Å². The molecule has 0 aromatic heterocycles. The molecule has 0 aliphatic rings. The number of carbonyl (C=O) groups excluding carboxylic acids is 1. The van der Waals surface area contributed by atoms with Crippen LogP contribution in [0, 0.1) is 5.82 Å². The Kier molecular flexibility index (Phi) is 4.68. The number of nitrogens with one attached hydrogen (secondary N) is 1. The maximum atomic E-state index is 12.8. The molecule has 0 fully saturated rings. The van der Waals surface area contributed by atoms with Gasteiger partial charge in [-0.15, -0.1) is 0 Å². The first-order valence-electron chi connectivity index (χ1n) is 6.19. The molecule has 0 radical (unpaired) electrons. The van der Waals surface area contributed by atoms with Crippen molar-refractivity contribution in [3.05, 3.63) is 59.9 Å². The summed E-state index contributed by atoms with van der Waals surface area (Å²) in [5.74, 6) is -0.0490. The van der Waals surface area contributed by atoms with Crippen molar-refractivity contribution in [1.82, 2.24) is 0 Å². The van der Waals surface area contributed by atoms with Crippen LogP contribution in [0.15, 0.2) is 48.5 Å². The van der Waals surface area contributed by atoms with Gasteiger partial charge in [0.05, 0.1) is 0 Å². The van der Waals surface area contributed by atoms with Crippen molar-refractivity contribution in [3.63, 3.8) is 0 Å². The highest BCUT2D eigenvalue weighted by Gasteiger charge is 2.06. The fraction of sp³-hybridized carbons (Fsp3) is 0.133. The lowest BCUT2D eigenvalue weighted by Crippen LogP contribution is -2.13. The molecule has 0 heterocycles. The average Bonchev–Trinajstić information content (AvgIpc) is 2.46. The number of rotatable bonds is 5. The van der Waals surface area contributed by atoms with Crippen molar-refractivity contribution in [1.29, 1.82) is 0 Å². The van der Waals surface area contributed by atoms with Crippen molar-refractivity contribution in [2.75, 3.05) is 18.5 Å². The van der Waals surface area contributed by atoms with Gasteiger partial charge in [0.2, 0.25) is 0 Å². The van der Waals surface area contributed by atoms with Gasteiger partial charge < -0.3 is 15.8 Å². The van der Waals surface area contributed by atoms with E-state index in [9.17, 15) is 9.18 Å². The lowest BCUT2D eigenvalue weighted by Gasteiger charge is -2.08. The van der Waals surface area contributed by atoms with Crippen LogP contribution in [0.3, 0.4) is 0 Å². The molecule has 2 rings (SSSR count). The van der Waals surface area contributed by atoms with Gasteiger partial charge in [-0.25, -0.2) is 4.39 Å². The Hall–Kier alpha value is -2.40. The van der Waals surface area contributed by atoms with Crippen LogP contribution in [0.2, 0.25) is 0 Å². The number of halogens is 1. The summed E-state index contributed by atoms with van der Waals surface area (Å²) in [5, 5.41) is 2.72. The predicted octanol–water partition coefficient (Wildman–Crippen LogP) is 2.42. The van der Waals surface area contributed by atoms with Gasteiger partial charge in [-0.2, -0.15) is 0 Å². The summed E-state index contributed by atoms with van der Waals surface area (Å²) in [6, 6.07) is 12.4. The number of hydrogen-bond acceptors (Lipinski definition) is 3. The van der Waals surface area contributed by atoms with E-state index in [1.54, 1.807) is 24.3 Å². The van der Waals surface area contributed by atoms with Gasteiger partial charge in [-0.1, -0.05) is 6.07 Å². The van der Waals surface area contributed by atoms with Crippen LogP contribution >= 0.6 is 0 Å². The first-order valence-corrected chi connectivity index (χ1v) is 6.19. The number of anilines is 1. The number of nitrogens with two attached hydrogens (primary N) is 1. The second kappa shape index (κ2) is 6.68. The smallest absolute Gasteiger partial charge is 0.255 e. The van der Waals surface area contributed by atoms with Gasteiger partial charge in [0, 0.05) is 23.9 Å². The first-order chi connectivity index (χ1) is 9.69. The maximum absolute atomic E-state index is 12.8. The number of hydrogen-bond donors (Lipinski definition) is 2. The summed E-state index contributed by atoms with van der Waals surface area (Å²) >= 11 is 0. The molecule has 1 amide bonds. The third-order valence-corrected chi connectivity index (χ3v) is 2.58. The van der Waals surface area contributed by atoms with Gasteiger partial charge in [0.25, 0.3) is 5.91 Å². The first kappa shape index (κ1) is 14.0. The predicted molar refractivity (Wildman–Crippen MR) is 75.3 cm³/mol. The molecular formula is C15H15FN2O2. The lowest BCUT2D eigenvalue weighted by atomic mass is 10.2. The monoisotopic (exact) mass is 274 g/mol. The van der Waals surface area contributed by atoms with Gasteiger partial charge >= 0.3 is 0 Å². The Morgan fingerprint density at radius 2 is 1.95 bits per heavy atom. The van der Waals surface area contributed by atoms with Crippen LogP contribution in [0.25, 0.3) is 0 Å². The molecule has 20 heavy (non-hydrogen) atoms. The van der Waals surface area contributed by atoms with Crippen molar-refractivity contribution in [2.24, 2.45) is 5.73 Å². The van der Waals surface area contributed by atoms with Crippen molar-refractivity contribution >= 4 is 11.6 Å². The van der Waals surface area contributed by atoms with Crippen LogP contribution < -0.4 is 15.8 Å². The number of carbonyl (C=O) groups is 1. The zero-order chi connectivity index (χ0) is 14.4. The molecule has 0 bridgehead atoms. The van der Waals surface area contributed by atoms with Crippen molar-refractivity contribution in [2.45, 2.75) is 0 Å². The molecule has 0 aliphatic carbocycles. The molecule has 0 unspecified atom stereocenters. The highest BCUT2D eigenvalue weighted by Crippen LogP contribution is 2.18. The zero-order valence-electron chi connectivity index (χ0n) is 10.8. The topological polar surface area (TPSA) is 64.3 Å². The minimum Gasteiger partial charge on any atom is -0.492 e. The summed E-state index contributed by atoms with van der Waals surface area (Å²) in [6.07, 6.45) is 0. The van der Waals surface area contributed by atoms with Gasteiger partial charge in [0.1, 0.15) is 18.2 Å². The van der Waals surface area contributed by atoms with E-state index in [1.807, 2.05) is 0 Å². The molecule has 2 aromatic carbocycles. The zero-order valence-corrected chi connectivity index (χ0v) is 10.8. The molecule has 0 atom stereocenters. The summed E-state index contributed by atoms with van der Waals surface area (Å²) < 4.78 is 18.2. The quantitative estimate of drug-likeness (QED) is 0.880. The Morgan fingerprint density at radius 3 is 2.65 bits per heavy atom. The molecule has 2 aromatic rings. The van der Waals surface area contributed by atoms with Crippen molar-refractivity contribution < 1.29 is 13.9 Å². The van der Waals surface area contributed by atoms with E-state index < -0.39 is 0 Å². The Labute approximate surface area is 116 Å². The largest absolute Gasteiger partial charge is 0.492 e. The number of ether oxygens (including phenoxy) is 1. The molecule has 0 saturated heterocycles. The number of benzene rings is 2. The summed E-state index contributed by atoms with van der Waals surface area (Å²) in [6.45, 7) is 0.835. The molecule has 3 N–H and O–H groups in total. The second-order valence-corrected chi connectivity index (χ2v) is 4.13. The molecule has 5 heteroatoms. The molecule has 0 saturated carbocycles. The standard InChI is InChI=1S/C15H15FN2O2/c16-12-6-4-11(5-7-12)15(19)18-13-2-1-3-14(10-13)20-9-8-17/h1-7,10H,8-9,17H2,(H,18,19). The van der Waals surface area contributed by atoms with E-state index in [-0.39, 0.29) is 11.7 Å². The Morgan fingerprint density at radius 1 is 1.20 bits per heavy atom. The average molecular weight is 274 g/mol. The van der Waals surface area contributed by atoms with E-state index in [4.69, 9.17) is 10.5 Å². The van der Waals surface area contributed by atoms with E-state index in [0.29, 0.717) is 30.2 Å². The number of amides is 1. The summed E-state index contributed by atoms with van der Waals surface area (Å²) in [5.41, 5.74) is 6.35. The fourth-order valence-electron chi connectivity index (χ4n) is 1.64. The SMILES string of the molecule is NCCOc1cccc(NC(=O)c2ccc(F)cc2)c1. The molecule has 104 valence electrons. The second-order valence-electron chi connectivity index (χ2n) is 4.13. The third-order valence-electron chi connectivity index (χ3n) is 2.58. The van der Waals surface area contributed by atoms with E-state index >= 15 is 0 Å². The molecule has 0 spiro atoms. The minimum absolute atomic E-state index is 0.305. The molecule has 0 aliphatic heterocycles. The van der Waals surface area contributed by atoms with Gasteiger partial charge in [-0.05, 0) is 36.4 Å². The van der Waals surface area contributed by atoms with Crippen LogP contribution in [0.5, 0.6) is 5.75 Å². The maximum Gasteiger partial charge on any atom is 0.255 e. The highest BCUT2D eigenvalue weighted by atomic mass is 19.1. The van der Waals surface area contributed by atoms with E-state index in [2.05, 4.69) is 5.32 Å². The molecule has 4 nitrogen and oxygen atoms in total. The van der Waals surface area contributed by atoms with Crippen molar-refractivity contribution in [3.8, 4) is 5.75 Å². The van der Waals surface area contributed by atoms with Crippen LogP contribution in [-0.2, 0) is 0 Å². The third kappa shape index (κ3) is 3.80. The van der Waals surface area contributed by atoms with Crippen LogP contribution in [0.4, 0.5) is 10.1 Å². The normalized spacial score (nSPS) is 10.1. The van der Waals surface area contributed by atoms with Crippen LogP contribution in [0.1, 0.15) is 10.4 Å². The highest BCUT2D eigenvalue weighted by molar-refractivity contribution is 6.04. The minimum atomic E-state index is -0.376. The summed E-state index contributed by atoms with van der Waals surface area (Å²) in [4.78, 5) is 12.0.